The Morgan fingerprint density at radius 2 is 1.85 bits per heavy atom. The first kappa shape index (κ1) is 8.97. The van der Waals surface area contributed by atoms with Crippen molar-refractivity contribution in [2.24, 2.45) is 23.6 Å². The number of hydrazine groups is 1. The Hall–Kier alpha value is -0.610. The first-order valence-electron chi connectivity index (χ1n) is 4.91. The number of hydrogen-bond acceptors (Lipinski definition) is 3. The summed E-state index contributed by atoms with van der Waals surface area (Å²) in [6.07, 6.45) is 3.59. The quantitative estimate of drug-likeness (QED) is 0.299. The third-order valence-corrected chi connectivity index (χ3v) is 3.56. The molecule has 1 amide bonds. The average molecular weight is 184 g/mol. The third-order valence-electron chi connectivity index (χ3n) is 3.56. The predicted octanol–water partition coefficient (Wildman–Crippen LogP) is -0.227. The Morgan fingerprint density at radius 3 is 2.31 bits per heavy atom. The van der Waals surface area contributed by atoms with Crippen molar-refractivity contribution >= 4 is 5.91 Å². The molecule has 0 heterocycles. The molecule has 0 aliphatic heterocycles. The summed E-state index contributed by atoms with van der Waals surface area (Å²) in [5.41, 5.74) is 2.20. The van der Waals surface area contributed by atoms with E-state index in [0.29, 0.717) is 11.8 Å². The Labute approximate surface area is 77.5 Å². The van der Waals surface area contributed by atoms with E-state index in [0.717, 1.165) is 25.7 Å². The van der Waals surface area contributed by atoms with Crippen LogP contribution in [-0.4, -0.2) is 17.1 Å². The monoisotopic (exact) mass is 184 g/mol. The lowest BCUT2D eigenvalue weighted by atomic mass is 9.78. The fourth-order valence-corrected chi connectivity index (χ4v) is 2.83. The Balaban J connectivity index is 2.02. The topological polar surface area (TPSA) is 75.3 Å². The molecule has 2 aliphatic carbocycles. The molecule has 2 saturated carbocycles. The number of carbonyl (C=O) groups is 1. The molecule has 4 atom stereocenters. The van der Waals surface area contributed by atoms with Gasteiger partial charge in [0.05, 0.1) is 6.10 Å². The van der Waals surface area contributed by atoms with Crippen molar-refractivity contribution < 1.29 is 9.90 Å². The van der Waals surface area contributed by atoms with Gasteiger partial charge in [0.25, 0.3) is 0 Å². The molecule has 2 fully saturated rings. The van der Waals surface area contributed by atoms with Gasteiger partial charge in [-0.25, -0.2) is 5.84 Å². The number of aliphatic hydroxyl groups is 1. The van der Waals surface area contributed by atoms with Gasteiger partial charge in [0.15, 0.2) is 0 Å². The molecule has 0 spiro atoms. The number of carbonyl (C=O) groups excluding carboxylic acids is 1. The van der Waals surface area contributed by atoms with E-state index in [-0.39, 0.29) is 17.9 Å². The zero-order valence-corrected chi connectivity index (χ0v) is 7.57. The molecule has 4 nitrogen and oxygen atoms in total. The van der Waals surface area contributed by atoms with E-state index in [1.807, 2.05) is 0 Å². The summed E-state index contributed by atoms with van der Waals surface area (Å²) in [6.45, 7) is 0. The normalized spacial score (nSPS) is 43.2. The van der Waals surface area contributed by atoms with E-state index in [2.05, 4.69) is 5.43 Å². The van der Waals surface area contributed by atoms with Crippen molar-refractivity contribution in [1.82, 2.24) is 5.43 Å². The third kappa shape index (κ3) is 1.44. The van der Waals surface area contributed by atoms with Gasteiger partial charge in [-0.1, -0.05) is 0 Å². The summed E-state index contributed by atoms with van der Waals surface area (Å²) in [7, 11) is 0. The minimum Gasteiger partial charge on any atom is -0.393 e. The van der Waals surface area contributed by atoms with Crippen molar-refractivity contribution in [3.05, 3.63) is 0 Å². The van der Waals surface area contributed by atoms with Gasteiger partial charge in [0.1, 0.15) is 0 Å². The van der Waals surface area contributed by atoms with Gasteiger partial charge < -0.3 is 5.11 Å². The molecule has 4 N–H and O–H groups in total. The fourth-order valence-electron chi connectivity index (χ4n) is 2.83. The highest BCUT2D eigenvalue weighted by atomic mass is 16.3. The SMILES string of the molecule is NNC(=O)C1C[C@H]2CC[C@@H](C1)C2O. The highest BCUT2D eigenvalue weighted by molar-refractivity contribution is 5.78. The summed E-state index contributed by atoms with van der Waals surface area (Å²) in [5, 5.41) is 9.72. The van der Waals surface area contributed by atoms with Crippen LogP contribution in [-0.2, 0) is 4.79 Å². The van der Waals surface area contributed by atoms with E-state index >= 15 is 0 Å². The van der Waals surface area contributed by atoms with Crippen molar-refractivity contribution in [3.63, 3.8) is 0 Å². The van der Waals surface area contributed by atoms with Crippen LogP contribution in [0.15, 0.2) is 0 Å². The number of amides is 1. The summed E-state index contributed by atoms with van der Waals surface area (Å²) in [5.74, 6) is 5.72. The first-order valence-corrected chi connectivity index (χ1v) is 4.91. The number of fused-ring (bicyclic) bond motifs is 2. The predicted molar refractivity (Wildman–Crippen MR) is 47.3 cm³/mol. The number of rotatable bonds is 1. The second-order valence-corrected chi connectivity index (χ2v) is 4.27. The maximum atomic E-state index is 11.3. The molecular weight excluding hydrogens is 168 g/mol. The maximum absolute atomic E-state index is 11.3. The van der Waals surface area contributed by atoms with Gasteiger partial charge in [0, 0.05) is 5.92 Å². The maximum Gasteiger partial charge on any atom is 0.237 e. The smallest absolute Gasteiger partial charge is 0.237 e. The number of nitrogens with one attached hydrogen (secondary N) is 1. The summed E-state index contributed by atoms with van der Waals surface area (Å²) in [4.78, 5) is 11.3. The molecule has 4 heteroatoms. The minimum absolute atomic E-state index is 0.0332. The number of aliphatic hydroxyl groups excluding tert-OH is 1. The van der Waals surface area contributed by atoms with Crippen LogP contribution in [0.4, 0.5) is 0 Å². The number of nitrogens with two attached hydrogens (primary N) is 1. The minimum atomic E-state index is -0.165. The fraction of sp³-hybridized carbons (Fsp3) is 0.889. The molecule has 0 aromatic rings. The highest BCUT2D eigenvalue weighted by Gasteiger charge is 2.43. The van der Waals surface area contributed by atoms with Gasteiger partial charge in [-0.2, -0.15) is 0 Å². The molecule has 2 bridgehead atoms. The van der Waals surface area contributed by atoms with Crippen molar-refractivity contribution in [2.45, 2.75) is 31.8 Å². The van der Waals surface area contributed by atoms with Gasteiger partial charge in [-0.05, 0) is 37.5 Å². The second kappa shape index (κ2) is 3.27. The lowest BCUT2D eigenvalue weighted by molar-refractivity contribution is -0.128. The molecule has 0 aromatic heterocycles. The van der Waals surface area contributed by atoms with Crippen LogP contribution in [0.2, 0.25) is 0 Å². The van der Waals surface area contributed by atoms with Crippen LogP contribution >= 0.6 is 0 Å². The van der Waals surface area contributed by atoms with Crippen LogP contribution in [0.1, 0.15) is 25.7 Å². The Bertz CT molecular complexity index is 206. The van der Waals surface area contributed by atoms with E-state index in [4.69, 9.17) is 5.84 Å². The summed E-state index contributed by atoms with van der Waals surface area (Å²) >= 11 is 0. The van der Waals surface area contributed by atoms with Crippen LogP contribution < -0.4 is 11.3 Å². The van der Waals surface area contributed by atoms with Crippen molar-refractivity contribution in [3.8, 4) is 0 Å². The zero-order valence-electron chi connectivity index (χ0n) is 7.57. The van der Waals surface area contributed by atoms with Crippen LogP contribution in [0.5, 0.6) is 0 Å². The molecule has 0 radical (unpaired) electrons. The van der Waals surface area contributed by atoms with Crippen molar-refractivity contribution in [1.29, 1.82) is 0 Å². The lowest BCUT2D eigenvalue weighted by Crippen LogP contribution is -2.41. The largest absolute Gasteiger partial charge is 0.393 e. The van der Waals surface area contributed by atoms with Gasteiger partial charge in [-0.3, -0.25) is 10.2 Å². The van der Waals surface area contributed by atoms with Crippen molar-refractivity contribution in [2.75, 3.05) is 0 Å². The molecule has 0 aromatic carbocycles. The van der Waals surface area contributed by atoms with Gasteiger partial charge in [-0.15, -0.1) is 0 Å². The van der Waals surface area contributed by atoms with Crippen LogP contribution in [0, 0.1) is 17.8 Å². The summed E-state index contributed by atoms with van der Waals surface area (Å²) < 4.78 is 0. The Morgan fingerprint density at radius 1 is 1.31 bits per heavy atom. The van der Waals surface area contributed by atoms with Crippen LogP contribution in [0.3, 0.4) is 0 Å². The zero-order chi connectivity index (χ0) is 9.42. The molecule has 2 rings (SSSR count). The van der Waals surface area contributed by atoms with E-state index in [9.17, 15) is 9.90 Å². The molecule has 0 saturated heterocycles. The summed E-state index contributed by atoms with van der Waals surface area (Å²) in [6, 6.07) is 0. The molecule has 2 aliphatic rings. The highest BCUT2D eigenvalue weighted by Crippen LogP contribution is 2.44. The first-order chi connectivity index (χ1) is 6.22. The van der Waals surface area contributed by atoms with Gasteiger partial charge >= 0.3 is 0 Å². The molecule has 2 unspecified atom stereocenters. The molecular formula is C9H16N2O2. The van der Waals surface area contributed by atoms with E-state index in [1.165, 1.54) is 0 Å². The van der Waals surface area contributed by atoms with E-state index < -0.39 is 0 Å². The Kier molecular flexibility index (Phi) is 2.26. The molecule has 74 valence electrons. The average Bonchev–Trinajstić information content (AvgIpc) is 2.42. The van der Waals surface area contributed by atoms with E-state index in [1.54, 1.807) is 0 Å². The number of hydrogen-bond donors (Lipinski definition) is 3. The molecule has 13 heavy (non-hydrogen) atoms. The standard InChI is InChI=1S/C9H16N2O2/c10-11-9(13)7-3-5-1-2-6(4-7)8(5)12/h5-8,12H,1-4,10H2,(H,11,13)/t5-,6+,7?,8?. The van der Waals surface area contributed by atoms with Gasteiger partial charge in [0.2, 0.25) is 5.91 Å². The lowest BCUT2D eigenvalue weighted by Gasteiger charge is -2.30. The van der Waals surface area contributed by atoms with Crippen LogP contribution in [0.25, 0.3) is 0 Å². The second-order valence-electron chi connectivity index (χ2n) is 4.27.